The molecular weight excluding hydrogens is 1150 g/mol. The summed E-state index contributed by atoms with van der Waals surface area (Å²) in [5.74, 6) is -0.755. The van der Waals surface area contributed by atoms with Crippen molar-refractivity contribution in [3.63, 3.8) is 0 Å². The fourth-order valence-electron chi connectivity index (χ4n) is 9.24. The molecule has 0 saturated carbocycles. The van der Waals surface area contributed by atoms with Crippen LogP contribution in [0.3, 0.4) is 0 Å². The Bertz CT molecular complexity index is 3440. The molecule has 0 amide bonds. The van der Waals surface area contributed by atoms with E-state index >= 15 is 0 Å². The third-order valence-corrected chi connectivity index (χ3v) is 15.2. The minimum atomic E-state index is -0.370. The number of nitrogens with zero attached hydrogens (tertiary/aromatic N) is 9. The number of halogens is 6. The van der Waals surface area contributed by atoms with Crippen molar-refractivity contribution in [2.24, 2.45) is 0 Å². The maximum absolute atomic E-state index is 13.3. The number of aryl methyl sites for hydroxylation is 1. The molecule has 14 nitrogen and oxygen atoms in total. The first-order valence-electron chi connectivity index (χ1n) is 26.5. The third kappa shape index (κ3) is 13.7. The summed E-state index contributed by atoms with van der Waals surface area (Å²) in [6.07, 6.45) is 5.12. The van der Waals surface area contributed by atoms with E-state index in [0.717, 1.165) is 102 Å². The fraction of sp³-hybridized carbons (Fsp3) is 0.300. The normalized spacial score (nSPS) is 15.4. The molecular formula is C60H60BBrCl2F3N9O5. The molecule has 13 rings (SSSR count). The largest absolute Gasteiger partial charge is 0.494 e. The van der Waals surface area contributed by atoms with E-state index < -0.39 is 0 Å². The van der Waals surface area contributed by atoms with Gasteiger partial charge >= 0.3 is 7.12 Å². The zero-order valence-corrected chi connectivity index (χ0v) is 49.0. The molecule has 1 saturated heterocycles. The van der Waals surface area contributed by atoms with Gasteiger partial charge in [0.2, 0.25) is 0 Å². The Morgan fingerprint density at radius 3 is 1.31 bits per heavy atom. The standard InChI is InChI=1S/C18H16FN3O.C17H13ClFN3O.C12H10BrFN2O.C11H15BClNO2.C2H6/c1-12-10-14(6-7-20-12)17-16-11-23-9-8-22(16)21-18(17)13-2-4-15(19)5-3-13;18-15-9-12(5-6-20-15)16-14-10-23-8-7-22(14)21-17(16)11-1-3-13(19)4-2-11;13-11-10-7-17-6-5-16(10)15-12(11)8-1-3-9(14)4-2-8;1-10(2)11(3,4)16-12(15-10)8-5-6-14-9(13)7-8;1-2/h2-7,10H,8-9,11H2,1H3;1-6,9H,7-8,10H2;1-4H,5-7H2;5-7H,1-4H3;1-2H3. The van der Waals surface area contributed by atoms with Crippen LogP contribution in [0.1, 0.15) is 64.3 Å². The molecule has 0 spiro atoms. The predicted octanol–water partition coefficient (Wildman–Crippen LogP) is 13.6. The lowest BCUT2D eigenvalue weighted by atomic mass is 9.80. The molecule has 9 aromatic rings. The molecule has 21 heteroatoms. The summed E-state index contributed by atoms with van der Waals surface area (Å²) in [5, 5.41) is 14.8. The molecule has 0 atom stereocenters. The average Bonchev–Trinajstić information content (AvgIpc) is 4.31. The van der Waals surface area contributed by atoms with Crippen molar-refractivity contribution >= 4 is 51.7 Å². The Hall–Kier alpha value is -6.55. The number of hydrogen-bond donors (Lipinski definition) is 0. The van der Waals surface area contributed by atoms with E-state index in [1.165, 1.54) is 36.4 Å². The lowest BCUT2D eigenvalue weighted by Crippen LogP contribution is -2.41. The molecule has 3 aromatic carbocycles. The van der Waals surface area contributed by atoms with Gasteiger partial charge in [0.1, 0.15) is 44.8 Å². The summed E-state index contributed by atoms with van der Waals surface area (Å²) < 4.78 is 74.6. The van der Waals surface area contributed by atoms with Gasteiger partial charge in [0.05, 0.1) is 92.0 Å². The summed E-state index contributed by atoms with van der Waals surface area (Å²) in [5.41, 5.74) is 13.4. The van der Waals surface area contributed by atoms with Gasteiger partial charge in [0.15, 0.2) is 0 Å². The molecule has 81 heavy (non-hydrogen) atoms. The van der Waals surface area contributed by atoms with Crippen LogP contribution in [0.4, 0.5) is 13.2 Å². The van der Waals surface area contributed by atoms with Gasteiger partial charge < -0.3 is 23.5 Å². The molecule has 0 bridgehead atoms. The quantitative estimate of drug-likeness (QED) is 0.116. The van der Waals surface area contributed by atoms with E-state index in [0.29, 0.717) is 56.5 Å². The van der Waals surface area contributed by atoms with Gasteiger partial charge in [-0.25, -0.2) is 23.1 Å². The number of benzene rings is 3. The SMILES string of the molecule is CC.CC1(C)OB(c2ccnc(Cl)c2)OC1(C)C.Cc1cc(-c2c(-c3ccc(F)cc3)nn3c2COCC3)ccn1.Fc1ccc(-c2nn3c(c2-c2ccnc(Cl)c2)COCC3)cc1.Fc1ccc(-c2nn3c(c2Br)COCC3)cc1. The van der Waals surface area contributed by atoms with Gasteiger partial charge in [0.25, 0.3) is 0 Å². The van der Waals surface area contributed by atoms with Crippen molar-refractivity contribution in [3.8, 4) is 56.0 Å². The Morgan fingerprint density at radius 1 is 0.494 bits per heavy atom. The predicted molar refractivity (Wildman–Crippen MR) is 312 cm³/mol. The second-order valence-electron chi connectivity index (χ2n) is 19.9. The van der Waals surface area contributed by atoms with E-state index in [1.807, 2.05) is 86.8 Å². The van der Waals surface area contributed by atoms with Crippen molar-refractivity contribution in [1.29, 1.82) is 0 Å². The van der Waals surface area contributed by atoms with Crippen molar-refractivity contribution in [1.82, 2.24) is 44.3 Å². The number of fused-ring (bicyclic) bond motifs is 3. The Balaban J connectivity index is 0.000000131. The Kier molecular flexibility index (Phi) is 19.1. The molecule has 10 heterocycles. The zero-order chi connectivity index (χ0) is 57.4. The van der Waals surface area contributed by atoms with Crippen LogP contribution in [0, 0.1) is 24.4 Å². The van der Waals surface area contributed by atoms with E-state index in [9.17, 15) is 13.2 Å². The van der Waals surface area contributed by atoms with Gasteiger partial charge in [-0.3, -0.25) is 19.0 Å². The highest BCUT2D eigenvalue weighted by Gasteiger charge is 2.51. The lowest BCUT2D eigenvalue weighted by Gasteiger charge is -2.32. The molecule has 0 unspecified atom stereocenters. The Morgan fingerprint density at radius 2 is 0.877 bits per heavy atom. The van der Waals surface area contributed by atoms with Crippen molar-refractivity contribution in [3.05, 3.63) is 183 Å². The van der Waals surface area contributed by atoms with Gasteiger partial charge in [-0.05, 0) is 176 Å². The first-order valence-corrected chi connectivity index (χ1v) is 28.0. The average molecular weight is 1210 g/mol. The molecule has 0 aliphatic carbocycles. The van der Waals surface area contributed by atoms with Crippen LogP contribution in [0.2, 0.25) is 10.3 Å². The van der Waals surface area contributed by atoms with Crippen molar-refractivity contribution in [2.45, 2.75) is 99.1 Å². The minimum absolute atomic E-state index is 0.239. The van der Waals surface area contributed by atoms with Crippen molar-refractivity contribution in [2.75, 3.05) is 19.8 Å². The molecule has 420 valence electrons. The van der Waals surface area contributed by atoms with E-state index in [1.54, 1.807) is 67.1 Å². The molecule has 0 N–H and O–H groups in total. The number of aromatic nitrogens is 9. The Labute approximate surface area is 487 Å². The van der Waals surface area contributed by atoms with E-state index in [-0.39, 0.29) is 35.8 Å². The summed E-state index contributed by atoms with van der Waals surface area (Å²) in [6, 6.07) is 30.5. The van der Waals surface area contributed by atoms with Crippen LogP contribution in [-0.4, -0.2) is 82.4 Å². The second kappa shape index (κ2) is 26.1. The second-order valence-corrected chi connectivity index (χ2v) is 21.4. The van der Waals surface area contributed by atoms with Crippen LogP contribution < -0.4 is 5.46 Å². The maximum atomic E-state index is 13.3. The van der Waals surface area contributed by atoms with Gasteiger partial charge in [-0.1, -0.05) is 37.0 Å². The topological polar surface area (TPSA) is 138 Å². The number of ether oxygens (including phenoxy) is 3. The van der Waals surface area contributed by atoms with E-state index in [2.05, 4.69) is 36.0 Å². The maximum Gasteiger partial charge on any atom is 0.494 e. The third-order valence-electron chi connectivity index (χ3n) is 14.0. The molecule has 4 aliphatic rings. The van der Waals surface area contributed by atoms with Gasteiger partial charge in [0, 0.05) is 52.1 Å². The van der Waals surface area contributed by atoms with Crippen LogP contribution in [0.15, 0.2) is 132 Å². The number of hydrogen-bond acceptors (Lipinski definition) is 11. The highest BCUT2D eigenvalue weighted by molar-refractivity contribution is 9.10. The smallest absolute Gasteiger partial charge is 0.399 e. The van der Waals surface area contributed by atoms with Crippen LogP contribution in [-0.2, 0) is 63.0 Å². The zero-order valence-electron chi connectivity index (χ0n) is 45.9. The monoisotopic (exact) mass is 1200 g/mol. The molecule has 6 aromatic heterocycles. The summed E-state index contributed by atoms with van der Waals surface area (Å²) >= 11 is 15.4. The summed E-state index contributed by atoms with van der Waals surface area (Å²) in [6.45, 7) is 19.8. The highest BCUT2D eigenvalue weighted by Crippen LogP contribution is 2.40. The number of pyridine rings is 3. The first-order chi connectivity index (χ1) is 39.0. The molecule has 0 radical (unpaired) electrons. The van der Waals surface area contributed by atoms with Gasteiger partial charge in [-0.2, -0.15) is 15.3 Å². The highest BCUT2D eigenvalue weighted by atomic mass is 79.9. The first kappa shape index (κ1) is 59.1. The lowest BCUT2D eigenvalue weighted by molar-refractivity contribution is 0.00578. The van der Waals surface area contributed by atoms with Gasteiger partial charge in [-0.15, -0.1) is 0 Å². The number of rotatable bonds is 6. The molecule has 4 aliphatic heterocycles. The van der Waals surface area contributed by atoms with Crippen LogP contribution >= 0.6 is 39.1 Å². The van der Waals surface area contributed by atoms with Crippen LogP contribution in [0.5, 0.6) is 0 Å². The fourth-order valence-corrected chi connectivity index (χ4v) is 10.2. The minimum Gasteiger partial charge on any atom is -0.399 e. The van der Waals surface area contributed by atoms with Crippen molar-refractivity contribution < 1.29 is 36.7 Å². The molecule has 1 fully saturated rings. The summed E-state index contributed by atoms with van der Waals surface area (Å²) in [7, 11) is -0.370. The summed E-state index contributed by atoms with van der Waals surface area (Å²) in [4.78, 5) is 12.2. The van der Waals surface area contributed by atoms with E-state index in [4.69, 9.17) is 56.9 Å². The van der Waals surface area contributed by atoms with Crippen LogP contribution in [0.25, 0.3) is 56.0 Å².